The van der Waals surface area contributed by atoms with Gasteiger partial charge in [-0.05, 0) is 40.2 Å². The average molecular weight is 466 g/mol. The molecule has 27 heavy (non-hydrogen) atoms. The van der Waals surface area contributed by atoms with Crippen LogP contribution in [0.4, 0.5) is 0 Å². The molecule has 3 aromatic rings. The van der Waals surface area contributed by atoms with E-state index in [9.17, 15) is 4.79 Å². The van der Waals surface area contributed by atoms with Gasteiger partial charge < -0.3 is 4.90 Å². The normalized spacial score (nSPS) is 15.3. The molecule has 1 aliphatic heterocycles. The summed E-state index contributed by atoms with van der Waals surface area (Å²) in [7, 11) is 0. The number of piperazine rings is 1. The minimum atomic E-state index is 0.0202. The van der Waals surface area contributed by atoms with Crippen LogP contribution in [0.3, 0.4) is 0 Å². The SMILES string of the molecule is O=C(c1cnn(-c2ccccc2Cl)c1)N1CCN(Cc2ccc(Br)s2)CC1. The number of hydrogen-bond acceptors (Lipinski definition) is 4. The number of carbonyl (C=O) groups is 1. The Kier molecular flexibility index (Phi) is 5.63. The highest BCUT2D eigenvalue weighted by atomic mass is 79.9. The van der Waals surface area contributed by atoms with E-state index in [2.05, 4.69) is 38.1 Å². The van der Waals surface area contributed by atoms with Crippen LogP contribution in [0.15, 0.2) is 52.6 Å². The van der Waals surface area contributed by atoms with E-state index in [4.69, 9.17) is 11.6 Å². The third kappa shape index (κ3) is 4.27. The van der Waals surface area contributed by atoms with Crippen molar-refractivity contribution in [2.45, 2.75) is 6.54 Å². The number of rotatable bonds is 4. The number of nitrogens with zero attached hydrogens (tertiary/aromatic N) is 4. The van der Waals surface area contributed by atoms with E-state index in [-0.39, 0.29) is 5.91 Å². The molecule has 0 aliphatic carbocycles. The highest BCUT2D eigenvalue weighted by Crippen LogP contribution is 2.24. The summed E-state index contributed by atoms with van der Waals surface area (Å²) in [6.45, 7) is 4.13. The molecule has 1 aromatic carbocycles. The molecular formula is C19H18BrClN4OS. The van der Waals surface area contributed by atoms with Crippen molar-refractivity contribution in [3.05, 3.63) is 68.0 Å². The quantitative estimate of drug-likeness (QED) is 0.577. The Labute approximate surface area is 175 Å². The zero-order chi connectivity index (χ0) is 18.8. The third-order valence-corrected chi connectivity index (χ3v) is 6.52. The fourth-order valence-corrected chi connectivity index (χ4v) is 4.90. The summed E-state index contributed by atoms with van der Waals surface area (Å²) in [6.07, 6.45) is 3.36. The van der Waals surface area contributed by atoms with Gasteiger partial charge in [-0.2, -0.15) is 5.10 Å². The molecule has 1 saturated heterocycles. The van der Waals surface area contributed by atoms with Crippen molar-refractivity contribution in [2.75, 3.05) is 26.2 Å². The molecule has 4 rings (SSSR count). The molecule has 2 aromatic heterocycles. The van der Waals surface area contributed by atoms with Crippen LogP contribution in [0.25, 0.3) is 5.69 Å². The van der Waals surface area contributed by atoms with Crippen molar-refractivity contribution in [3.63, 3.8) is 0 Å². The number of carbonyl (C=O) groups excluding carboxylic acids is 1. The van der Waals surface area contributed by atoms with Gasteiger partial charge in [0.25, 0.3) is 5.91 Å². The van der Waals surface area contributed by atoms with Crippen LogP contribution in [-0.2, 0) is 6.54 Å². The monoisotopic (exact) mass is 464 g/mol. The molecule has 1 aliphatic rings. The van der Waals surface area contributed by atoms with E-state index in [1.807, 2.05) is 29.2 Å². The summed E-state index contributed by atoms with van der Waals surface area (Å²) in [5, 5.41) is 4.91. The Morgan fingerprint density at radius 3 is 2.63 bits per heavy atom. The molecule has 8 heteroatoms. The topological polar surface area (TPSA) is 41.4 Å². The molecular weight excluding hydrogens is 448 g/mol. The minimum Gasteiger partial charge on any atom is -0.336 e. The Balaban J connectivity index is 1.38. The van der Waals surface area contributed by atoms with Crippen molar-refractivity contribution >= 4 is 44.8 Å². The second kappa shape index (κ2) is 8.14. The number of para-hydroxylation sites is 1. The number of amides is 1. The highest BCUT2D eigenvalue weighted by molar-refractivity contribution is 9.11. The standard InChI is InChI=1S/C19H18BrClN4OS/c20-18-6-5-15(27-18)13-23-7-9-24(10-8-23)19(26)14-11-22-25(12-14)17-4-2-1-3-16(17)21/h1-6,11-12H,7-10,13H2. The van der Waals surface area contributed by atoms with E-state index < -0.39 is 0 Å². The fourth-order valence-electron chi connectivity index (χ4n) is 3.15. The molecule has 0 spiro atoms. The van der Waals surface area contributed by atoms with Crippen molar-refractivity contribution in [2.24, 2.45) is 0 Å². The van der Waals surface area contributed by atoms with Crippen LogP contribution in [0, 0.1) is 0 Å². The summed E-state index contributed by atoms with van der Waals surface area (Å²) >= 11 is 11.5. The maximum Gasteiger partial charge on any atom is 0.257 e. The predicted octanol–water partition coefficient (Wildman–Crippen LogP) is 4.31. The average Bonchev–Trinajstić information content (AvgIpc) is 3.31. The van der Waals surface area contributed by atoms with Gasteiger partial charge >= 0.3 is 0 Å². The second-order valence-corrected chi connectivity index (χ2v) is 9.35. The van der Waals surface area contributed by atoms with Crippen LogP contribution in [0.1, 0.15) is 15.2 Å². The first-order valence-corrected chi connectivity index (χ1v) is 10.6. The van der Waals surface area contributed by atoms with Crippen LogP contribution in [-0.4, -0.2) is 51.7 Å². The summed E-state index contributed by atoms with van der Waals surface area (Å²) in [5.41, 5.74) is 1.36. The van der Waals surface area contributed by atoms with E-state index in [0.717, 1.165) is 42.2 Å². The first-order valence-electron chi connectivity index (χ1n) is 8.65. The van der Waals surface area contributed by atoms with Gasteiger partial charge in [0, 0.05) is 43.8 Å². The third-order valence-electron chi connectivity index (χ3n) is 4.60. The Morgan fingerprint density at radius 1 is 1.15 bits per heavy atom. The van der Waals surface area contributed by atoms with Gasteiger partial charge in [0.2, 0.25) is 0 Å². The van der Waals surface area contributed by atoms with E-state index in [1.165, 1.54) is 4.88 Å². The molecule has 1 amide bonds. The molecule has 3 heterocycles. The molecule has 0 N–H and O–H groups in total. The largest absolute Gasteiger partial charge is 0.336 e. The molecule has 5 nitrogen and oxygen atoms in total. The van der Waals surface area contributed by atoms with Crippen LogP contribution < -0.4 is 0 Å². The fraction of sp³-hybridized carbons (Fsp3) is 0.263. The van der Waals surface area contributed by atoms with Gasteiger partial charge in [0.15, 0.2) is 0 Å². The van der Waals surface area contributed by atoms with E-state index >= 15 is 0 Å². The summed E-state index contributed by atoms with van der Waals surface area (Å²) in [4.78, 5) is 18.4. The molecule has 0 radical (unpaired) electrons. The molecule has 1 fully saturated rings. The Hall–Kier alpha value is -1.67. The summed E-state index contributed by atoms with van der Waals surface area (Å²) in [5.74, 6) is 0.0202. The predicted molar refractivity (Wildman–Crippen MR) is 112 cm³/mol. The first kappa shape index (κ1) is 18.7. The number of hydrogen-bond donors (Lipinski definition) is 0. The van der Waals surface area contributed by atoms with Crippen molar-refractivity contribution < 1.29 is 4.79 Å². The highest BCUT2D eigenvalue weighted by Gasteiger charge is 2.23. The van der Waals surface area contributed by atoms with Crippen molar-refractivity contribution in [1.29, 1.82) is 0 Å². The van der Waals surface area contributed by atoms with Gasteiger partial charge in [0.05, 0.1) is 26.3 Å². The zero-order valence-corrected chi connectivity index (χ0v) is 17.7. The maximum atomic E-state index is 12.8. The van der Waals surface area contributed by atoms with Gasteiger partial charge in [-0.3, -0.25) is 9.69 Å². The Bertz CT molecular complexity index is 949. The maximum absolute atomic E-state index is 12.8. The van der Waals surface area contributed by atoms with Crippen molar-refractivity contribution in [1.82, 2.24) is 19.6 Å². The molecule has 0 saturated carbocycles. The Morgan fingerprint density at radius 2 is 1.93 bits per heavy atom. The van der Waals surface area contributed by atoms with E-state index in [0.29, 0.717) is 10.6 Å². The summed E-state index contributed by atoms with van der Waals surface area (Å²) in [6, 6.07) is 11.7. The smallest absolute Gasteiger partial charge is 0.257 e. The van der Waals surface area contributed by atoms with Crippen molar-refractivity contribution in [3.8, 4) is 5.69 Å². The summed E-state index contributed by atoms with van der Waals surface area (Å²) < 4.78 is 2.81. The first-order chi connectivity index (χ1) is 13.1. The number of aromatic nitrogens is 2. The lowest BCUT2D eigenvalue weighted by molar-refractivity contribution is 0.0629. The lowest BCUT2D eigenvalue weighted by Crippen LogP contribution is -2.48. The zero-order valence-electron chi connectivity index (χ0n) is 14.5. The molecule has 0 bridgehead atoms. The lowest BCUT2D eigenvalue weighted by atomic mass is 10.2. The number of halogens is 2. The van der Waals surface area contributed by atoms with Gasteiger partial charge in [0.1, 0.15) is 0 Å². The van der Waals surface area contributed by atoms with Gasteiger partial charge in [-0.1, -0.05) is 23.7 Å². The van der Waals surface area contributed by atoms with E-state index in [1.54, 1.807) is 28.4 Å². The molecule has 0 atom stereocenters. The number of benzene rings is 1. The van der Waals surface area contributed by atoms with Gasteiger partial charge in [-0.15, -0.1) is 11.3 Å². The molecule has 0 unspecified atom stereocenters. The second-order valence-electron chi connectivity index (χ2n) is 6.40. The lowest BCUT2D eigenvalue weighted by Gasteiger charge is -2.34. The van der Waals surface area contributed by atoms with Crippen LogP contribution in [0.5, 0.6) is 0 Å². The molecule has 140 valence electrons. The van der Waals surface area contributed by atoms with Crippen LogP contribution in [0.2, 0.25) is 5.02 Å². The van der Waals surface area contributed by atoms with Gasteiger partial charge in [-0.25, -0.2) is 4.68 Å². The minimum absolute atomic E-state index is 0.0202. The van der Waals surface area contributed by atoms with Crippen LogP contribution >= 0.6 is 38.9 Å². The number of thiophene rings is 1.